The molecule has 0 aliphatic carbocycles. The van der Waals surface area contributed by atoms with E-state index in [1.54, 1.807) is 6.20 Å². The average molecular weight is 280 g/mol. The molecule has 0 bridgehead atoms. The molecule has 3 aromatic heterocycles. The second-order valence-electron chi connectivity index (χ2n) is 4.90. The van der Waals surface area contributed by atoms with Crippen LogP contribution >= 0.6 is 0 Å². The molecule has 0 amide bonds. The Morgan fingerprint density at radius 3 is 3.10 bits per heavy atom. The normalized spacial score (nSPS) is 14.2. The van der Waals surface area contributed by atoms with Gasteiger partial charge in [-0.1, -0.05) is 0 Å². The van der Waals surface area contributed by atoms with Gasteiger partial charge >= 0.3 is 0 Å². The molecule has 4 heterocycles. The number of aromatic nitrogens is 5. The van der Waals surface area contributed by atoms with E-state index >= 15 is 0 Å². The fraction of sp³-hybridized carbons (Fsp3) is 0.214. The van der Waals surface area contributed by atoms with Gasteiger partial charge < -0.3 is 9.88 Å². The molecule has 4 rings (SSSR count). The van der Waals surface area contributed by atoms with Gasteiger partial charge in [0.15, 0.2) is 5.65 Å². The van der Waals surface area contributed by atoms with Gasteiger partial charge in [0, 0.05) is 19.2 Å². The lowest BCUT2D eigenvalue weighted by atomic mass is 10.1. The summed E-state index contributed by atoms with van der Waals surface area (Å²) in [4.78, 5) is 33.7. The van der Waals surface area contributed by atoms with Crippen LogP contribution in [0.4, 0.5) is 5.82 Å². The van der Waals surface area contributed by atoms with Crippen LogP contribution in [-0.4, -0.2) is 31.5 Å². The van der Waals surface area contributed by atoms with E-state index in [1.807, 2.05) is 12.1 Å². The van der Waals surface area contributed by atoms with Gasteiger partial charge in [0.25, 0.3) is 5.56 Å². The van der Waals surface area contributed by atoms with E-state index in [2.05, 4.69) is 29.8 Å². The van der Waals surface area contributed by atoms with Gasteiger partial charge in [-0.3, -0.25) is 4.79 Å². The summed E-state index contributed by atoms with van der Waals surface area (Å²) < 4.78 is 0. The van der Waals surface area contributed by atoms with Gasteiger partial charge in [-0.25, -0.2) is 19.9 Å². The first-order chi connectivity index (χ1) is 10.3. The van der Waals surface area contributed by atoms with E-state index in [9.17, 15) is 4.79 Å². The van der Waals surface area contributed by atoms with Crippen LogP contribution in [0, 0.1) is 0 Å². The molecule has 0 aromatic carbocycles. The largest absolute Gasteiger partial charge is 0.351 e. The Hall–Kier alpha value is -2.83. The summed E-state index contributed by atoms with van der Waals surface area (Å²) in [5, 5.41) is 0.892. The van der Waals surface area contributed by atoms with E-state index in [0.29, 0.717) is 17.8 Å². The Morgan fingerprint density at radius 1 is 1.19 bits per heavy atom. The number of H-pyrrole nitrogens is 1. The van der Waals surface area contributed by atoms with Crippen molar-refractivity contribution >= 4 is 16.9 Å². The fourth-order valence-corrected chi connectivity index (χ4v) is 2.67. The van der Waals surface area contributed by atoms with Gasteiger partial charge in [0.1, 0.15) is 12.1 Å². The molecule has 7 nitrogen and oxygen atoms in total. The molecule has 1 aliphatic heterocycles. The monoisotopic (exact) mass is 280 g/mol. The second kappa shape index (κ2) is 4.62. The Morgan fingerprint density at radius 2 is 2.14 bits per heavy atom. The highest BCUT2D eigenvalue weighted by molar-refractivity contribution is 5.86. The third kappa shape index (κ3) is 1.94. The highest BCUT2D eigenvalue weighted by atomic mass is 16.1. The maximum Gasteiger partial charge on any atom is 0.255 e. The zero-order chi connectivity index (χ0) is 14.2. The summed E-state index contributed by atoms with van der Waals surface area (Å²) in [6, 6.07) is 3.81. The Labute approximate surface area is 119 Å². The summed E-state index contributed by atoms with van der Waals surface area (Å²) in [7, 11) is 0. The topological polar surface area (TPSA) is 87.7 Å². The van der Waals surface area contributed by atoms with Crippen molar-refractivity contribution in [2.75, 3.05) is 11.4 Å². The van der Waals surface area contributed by atoms with Crippen LogP contribution in [0.2, 0.25) is 0 Å². The Balaban J connectivity index is 1.81. The van der Waals surface area contributed by atoms with Gasteiger partial charge in [0.05, 0.1) is 29.5 Å². The van der Waals surface area contributed by atoms with Crippen LogP contribution in [-0.2, 0) is 13.0 Å². The maximum atomic E-state index is 11.9. The minimum absolute atomic E-state index is 0.0822. The van der Waals surface area contributed by atoms with Crippen molar-refractivity contribution < 1.29 is 0 Å². The van der Waals surface area contributed by atoms with Crippen molar-refractivity contribution in [3.05, 3.63) is 52.6 Å². The lowest BCUT2D eigenvalue weighted by Crippen LogP contribution is -2.36. The molecule has 0 spiro atoms. The minimum Gasteiger partial charge on any atom is -0.351 e. The van der Waals surface area contributed by atoms with Crippen LogP contribution in [0.15, 0.2) is 35.8 Å². The zero-order valence-electron chi connectivity index (χ0n) is 11.2. The number of nitrogens with zero attached hydrogens (tertiary/aromatic N) is 5. The molecule has 3 aromatic rings. The van der Waals surface area contributed by atoms with E-state index in [-0.39, 0.29) is 5.56 Å². The molecule has 21 heavy (non-hydrogen) atoms. The zero-order valence-corrected chi connectivity index (χ0v) is 11.2. The number of hydrogen-bond acceptors (Lipinski definition) is 6. The predicted molar refractivity (Wildman–Crippen MR) is 76.9 cm³/mol. The summed E-state index contributed by atoms with van der Waals surface area (Å²) in [6.07, 6.45) is 5.40. The van der Waals surface area contributed by atoms with Crippen LogP contribution in [0.1, 0.15) is 11.3 Å². The minimum atomic E-state index is -0.0822. The molecule has 0 saturated heterocycles. The standard InChI is InChI=1S/C14H12N6O/c21-14-10-6-20(5-3-11(10)16-7-19-14)13-9-2-1-4-15-12(9)17-8-18-13/h1-2,4,7-8H,3,5-6H2,(H,16,19,21). The summed E-state index contributed by atoms with van der Waals surface area (Å²) in [6.45, 7) is 1.27. The third-order valence-electron chi connectivity index (χ3n) is 3.69. The number of nitrogens with one attached hydrogen (secondary N) is 1. The lowest BCUT2D eigenvalue weighted by Gasteiger charge is -2.28. The molecule has 0 atom stereocenters. The molecular weight excluding hydrogens is 268 g/mol. The van der Waals surface area contributed by atoms with Crippen molar-refractivity contribution in [2.45, 2.75) is 13.0 Å². The van der Waals surface area contributed by atoms with Crippen LogP contribution < -0.4 is 10.5 Å². The smallest absolute Gasteiger partial charge is 0.255 e. The third-order valence-corrected chi connectivity index (χ3v) is 3.69. The van der Waals surface area contributed by atoms with Crippen molar-refractivity contribution in [3.8, 4) is 0 Å². The quantitative estimate of drug-likeness (QED) is 0.705. The Kier molecular flexibility index (Phi) is 2.63. The van der Waals surface area contributed by atoms with E-state index in [4.69, 9.17) is 0 Å². The van der Waals surface area contributed by atoms with Crippen LogP contribution in [0.5, 0.6) is 0 Å². The Bertz CT molecular complexity index is 869. The summed E-state index contributed by atoms with van der Waals surface area (Å²) in [5.41, 5.74) is 2.15. The molecule has 1 aliphatic rings. The molecule has 7 heteroatoms. The van der Waals surface area contributed by atoms with E-state index in [0.717, 1.165) is 29.9 Å². The second-order valence-corrected chi connectivity index (χ2v) is 4.90. The fourth-order valence-electron chi connectivity index (χ4n) is 2.67. The average Bonchev–Trinajstić information content (AvgIpc) is 2.54. The predicted octanol–water partition coefficient (Wildman–Crippen LogP) is 0.671. The van der Waals surface area contributed by atoms with Crippen molar-refractivity contribution in [1.29, 1.82) is 0 Å². The molecule has 0 fully saturated rings. The first-order valence-electron chi connectivity index (χ1n) is 6.69. The molecule has 0 saturated carbocycles. The lowest BCUT2D eigenvalue weighted by molar-refractivity contribution is 0.691. The van der Waals surface area contributed by atoms with E-state index < -0.39 is 0 Å². The first-order valence-corrected chi connectivity index (χ1v) is 6.69. The highest BCUT2D eigenvalue weighted by Gasteiger charge is 2.22. The summed E-state index contributed by atoms with van der Waals surface area (Å²) >= 11 is 0. The highest BCUT2D eigenvalue weighted by Crippen LogP contribution is 2.25. The van der Waals surface area contributed by atoms with E-state index in [1.165, 1.54) is 12.7 Å². The molecular formula is C14H12N6O. The molecule has 1 N–H and O–H groups in total. The SMILES string of the molecule is O=c1[nH]cnc2c1CN(c1ncnc3ncccc13)CC2. The first kappa shape index (κ1) is 12.0. The number of aromatic amines is 1. The maximum absolute atomic E-state index is 11.9. The molecule has 104 valence electrons. The number of anilines is 1. The van der Waals surface area contributed by atoms with Gasteiger partial charge in [0.2, 0.25) is 0 Å². The number of pyridine rings is 1. The molecule has 0 unspecified atom stereocenters. The van der Waals surface area contributed by atoms with Crippen molar-refractivity contribution in [1.82, 2.24) is 24.9 Å². The molecule has 0 radical (unpaired) electrons. The van der Waals surface area contributed by atoms with Crippen molar-refractivity contribution in [3.63, 3.8) is 0 Å². The van der Waals surface area contributed by atoms with Gasteiger partial charge in [-0.05, 0) is 12.1 Å². The van der Waals surface area contributed by atoms with Crippen LogP contribution in [0.3, 0.4) is 0 Å². The van der Waals surface area contributed by atoms with Crippen LogP contribution in [0.25, 0.3) is 11.0 Å². The summed E-state index contributed by atoms with van der Waals surface area (Å²) in [5.74, 6) is 0.807. The van der Waals surface area contributed by atoms with Crippen molar-refractivity contribution in [2.24, 2.45) is 0 Å². The van der Waals surface area contributed by atoms with Gasteiger partial charge in [-0.2, -0.15) is 0 Å². The van der Waals surface area contributed by atoms with Gasteiger partial charge in [-0.15, -0.1) is 0 Å². The number of rotatable bonds is 1. The number of hydrogen-bond donors (Lipinski definition) is 1. The number of fused-ring (bicyclic) bond motifs is 2.